The van der Waals surface area contributed by atoms with E-state index < -0.39 is 0 Å². The van der Waals surface area contributed by atoms with Crippen molar-refractivity contribution >= 4 is 6.21 Å². The number of hydrogen-bond acceptors (Lipinski definition) is 2. The molecule has 0 aromatic heterocycles. The minimum absolute atomic E-state index is 0. The first-order valence-electron chi connectivity index (χ1n) is 2.51. The van der Waals surface area contributed by atoms with Crippen LogP contribution < -0.4 is 5.73 Å². The van der Waals surface area contributed by atoms with Gasteiger partial charge < -0.3 is 11.1 Å². The van der Waals surface area contributed by atoms with Gasteiger partial charge in [0.25, 0.3) is 0 Å². The standard InChI is InChI=1S/C7H10N2.H2/c1-3-6(5-8)7(9)4-2;/h3-5,8H,1-2,9H2;1H/b7-6-,8-5?;. The normalized spacial score (nSPS) is 11.6. The Bertz CT molecular complexity index is 160. The van der Waals surface area contributed by atoms with Gasteiger partial charge in [0.2, 0.25) is 0 Å². The van der Waals surface area contributed by atoms with Crippen molar-refractivity contribution in [3.63, 3.8) is 0 Å². The van der Waals surface area contributed by atoms with Crippen molar-refractivity contribution in [1.29, 1.82) is 5.41 Å². The van der Waals surface area contributed by atoms with Gasteiger partial charge in [0.15, 0.2) is 0 Å². The molecule has 0 atom stereocenters. The van der Waals surface area contributed by atoms with Crippen LogP contribution in [-0.2, 0) is 0 Å². The maximum Gasteiger partial charge on any atom is 0.0396 e. The summed E-state index contributed by atoms with van der Waals surface area (Å²) in [4.78, 5) is 0. The quantitative estimate of drug-likeness (QED) is 0.434. The SMILES string of the molecule is C=C/C(N)=C(\C=C)C=N.[HH]. The lowest BCUT2D eigenvalue weighted by atomic mass is 10.2. The minimum Gasteiger partial charge on any atom is -0.398 e. The van der Waals surface area contributed by atoms with E-state index in [4.69, 9.17) is 11.1 Å². The predicted molar refractivity (Wildman–Crippen MR) is 42.5 cm³/mol. The molecular formula is C7H12N2. The molecule has 0 saturated heterocycles. The van der Waals surface area contributed by atoms with Gasteiger partial charge in [0, 0.05) is 18.9 Å². The lowest BCUT2D eigenvalue weighted by molar-refractivity contribution is 1.39. The molecule has 0 amide bonds. The van der Waals surface area contributed by atoms with Gasteiger partial charge in [0.05, 0.1) is 0 Å². The van der Waals surface area contributed by atoms with Gasteiger partial charge in [-0.15, -0.1) is 0 Å². The summed E-state index contributed by atoms with van der Waals surface area (Å²) < 4.78 is 0. The highest BCUT2D eigenvalue weighted by Crippen LogP contribution is 1.95. The van der Waals surface area contributed by atoms with Crippen LogP contribution in [-0.4, -0.2) is 6.21 Å². The van der Waals surface area contributed by atoms with E-state index in [1.165, 1.54) is 12.2 Å². The van der Waals surface area contributed by atoms with Crippen LogP contribution in [0.15, 0.2) is 36.6 Å². The second kappa shape index (κ2) is 3.66. The average Bonchev–Trinajstić information content (AvgIpc) is 1.90. The van der Waals surface area contributed by atoms with Crippen LogP contribution in [0.1, 0.15) is 1.43 Å². The fraction of sp³-hybridized carbons (Fsp3) is 0. The summed E-state index contributed by atoms with van der Waals surface area (Å²) in [5.74, 6) is 0. The third-order valence-corrected chi connectivity index (χ3v) is 0.929. The van der Waals surface area contributed by atoms with Gasteiger partial charge in [-0.2, -0.15) is 0 Å². The molecule has 9 heavy (non-hydrogen) atoms. The molecule has 0 spiro atoms. The lowest BCUT2D eigenvalue weighted by Gasteiger charge is -1.93. The van der Waals surface area contributed by atoms with Crippen molar-refractivity contribution < 1.29 is 1.43 Å². The highest BCUT2D eigenvalue weighted by molar-refractivity contribution is 5.81. The van der Waals surface area contributed by atoms with Crippen molar-refractivity contribution in [2.24, 2.45) is 5.73 Å². The first kappa shape index (κ1) is 7.69. The fourth-order valence-corrected chi connectivity index (χ4v) is 0.378. The molecule has 0 aromatic carbocycles. The highest BCUT2D eigenvalue weighted by Gasteiger charge is 1.87. The zero-order valence-corrected chi connectivity index (χ0v) is 5.22. The van der Waals surface area contributed by atoms with Crippen LogP contribution >= 0.6 is 0 Å². The topological polar surface area (TPSA) is 49.9 Å². The number of nitrogens with two attached hydrogens (primary N) is 1. The van der Waals surface area contributed by atoms with Crippen molar-refractivity contribution in [2.45, 2.75) is 0 Å². The Morgan fingerprint density at radius 2 is 2.00 bits per heavy atom. The second-order valence-corrected chi connectivity index (χ2v) is 1.46. The first-order valence-corrected chi connectivity index (χ1v) is 2.51. The second-order valence-electron chi connectivity index (χ2n) is 1.46. The van der Waals surface area contributed by atoms with E-state index in [1.807, 2.05) is 0 Å². The zero-order chi connectivity index (χ0) is 7.28. The minimum atomic E-state index is 0. The van der Waals surface area contributed by atoms with E-state index in [0.29, 0.717) is 11.3 Å². The smallest absolute Gasteiger partial charge is 0.0396 e. The molecule has 0 saturated carbocycles. The average molecular weight is 124 g/mol. The van der Waals surface area contributed by atoms with E-state index in [1.54, 1.807) is 0 Å². The molecule has 0 aliphatic carbocycles. The molecule has 2 nitrogen and oxygen atoms in total. The third kappa shape index (κ3) is 1.95. The molecule has 50 valence electrons. The number of rotatable bonds is 3. The molecule has 0 radical (unpaired) electrons. The maximum atomic E-state index is 6.81. The lowest BCUT2D eigenvalue weighted by Crippen LogP contribution is -1.97. The molecule has 0 fully saturated rings. The van der Waals surface area contributed by atoms with E-state index in [-0.39, 0.29) is 1.43 Å². The van der Waals surface area contributed by atoms with Crippen molar-refractivity contribution in [3.05, 3.63) is 36.6 Å². The molecule has 3 N–H and O–H groups in total. The Balaban J connectivity index is 0. The Kier molecular flexibility index (Phi) is 3.13. The molecular weight excluding hydrogens is 112 g/mol. The molecule has 0 rings (SSSR count). The van der Waals surface area contributed by atoms with E-state index in [2.05, 4.69) is 13.2 Å². The summed E-state index contributed by atoms with van der Waals surface area (Å²) in [6.45, 7) is 6.91. The Morgan fingerprint density at radius 1 is 1.44 bits per heavy atom. The van der Waals surface area contributed by atoms with Crippen LogP contribution in [0.25, 0.3) is 0 Å². The van der Waals surface area contributed by atoms with Gasteiger partial charge in [0.1, 0.15) is 0 Å². The van der Waals surface area contributed by atoms with Crippen LogP contribution in [0.3, 0.4) is 0 Å². The first-order chi connectivity index (χ1) is 4.26. The Morgan fingerprint density at radius 3 is 2.11 bits per heavy atom. The maximum absolute atomic E-state index is 6.81. The number of hydrogen-bond donors (Lipinski definition) is 2. The van der Waals surface area contributed by atoms with Crippen LogP contribution in [0.5, 0.6) is 0 Å². The molecule has 0 aromatic rings. The molecule has 0 aliphatic heterocycles. The van der Waals surface area contributed by atoms with E-state index in [9.17, 15) is 0 Å². The van der Waals surface area contributed by atoms with Crippen LogP contribution in [0.2, 0.25) is 0 Å². The summed E-state index contributed by atoms with van der Waals surface area (Å²) in [6.07, 6.45) is 4.15. The van der Waals surface area contributed by atoms with Crippen molar-refractivity contribution in [1.82, 2.24) is 0 Å². The molecule has 0 heterocycles. The third-order valence-electron chi connectivity index (χ3n) is 0.929. The van der Waals surface area contributed by atoms with Crippen LogP contribution in [0.4, 0.5) is 0 Å². The molecule has 0 unspecified atom stereocenters. The van der Waals surface area contributed by atoms with Crippen LogP contribution in [0, 0.1) is 5.41 Å². The summed E-state index contributed by atoms with van der Waals surface area (Å²) >= 11 is 0. The zero-order valence-electron chi connectivity index (χ0n) is 5.22. The van der Waals surface area contributed by atoms with E-state index in [0.717, 1.165) is 6.21 Å². The van der Waals surface area contributed by atoms with Gasteiger partial charge in [-0.1, -0.05) is 19.2 Å². The van der Waals surface area contributed by atoms with Crippen molar-refractivity contribution in [3.8, 4) is 0 Å². The monoisotopic (exact) mass is 124 g/mol. The predicted octanol–water partition coefficient (Wildman–Crippen LogP) is 1.47. The van der Waals surface area contributed by atoms with Gasteiger partial charge in [-0.25, -0.2) is 0 Å². The summed E-state index contributed by atoms with van der Waals surface area (Å²) in [5, 5.41) is 6.81. The largest absolute Gasteiger partial charge is 0.398 e. The van der Waals surface area contributed by atoms with E-state index >= 15 is 0 Å². The van der Waals surface area contributed by atoms with Gasteiger partial charge in [-0.05, 0) is 6.08 Å². The summed E-state index contributed by atoms with van der Waals surface area (Å²) in [7, 11) is 0. The van der Waals surface area contributed by atoms with Crippen molar-refractivity contribution in [2.75, 3.05) is 0 Å². The molecule has 0 aliphatic rings. The summed E-state index contributed by atoms with van der Waals surface area (Å²) in [6, 6.07) is 0. The highest BCUT2D eigenvalue weighted by atomic mass is 14.6. The van der Waals surface area contributed by atoms with Gasteiger partial charge in [-0.3, -0.25) is 0 Å². The number of allylic oxidation sites excluding steroid dienone is 3. The number of nitrogens with one attached hydrogen (secondary N) is 1. The Labute approximate surface area is 56.4 Å². The van der Waals surface area contributed by atoms with Gasteiger partial charge >= 0.3 is 0 Å². The summed E-state index contributed by atoms with van der Waals surface area (Å²) in [5.41, 5.74) is 6.47. The molecule has 2 heteroatoms. The Hall–Kier alpha value is -1.31. The fourth-order valence-electron chi connectivity index (χ4n) is 0.378. The molecule has 0 bridgehead atoms.